The van der Waals surface area contributed by atoms with Gasteiger partial charge in [-0.1, -0.05) is 60.6 Å². The van der Waals surface area contributed by atoms with Crippen molar-refractivity contribution in [2.75, 3.05) is 19.8 Å². The van der Waals surface area contributed by atoms with Crippen molar-refractivity contribution >= 4 is 0 Å². The Bertz CT molecular complexity index is 1770. The Morgan fingerprint density at radius 1 is 0.656 bits per heavy atom. The summed E-state index contributed by atoms with van der Waals surface area (Å²) in [5.41, 5.74) is -2.61. The average Bonchev–Trinajstić information content (AvgIpc) is 3.49. The van der Waals surface area contributed by atoms with E-state index in [1.54, 1.807) is 6.92 Å². The standard InChI is InChI=1S/C47H76O17/c1-21-30(52)33(55)36(64-40-37(34(56)32(54)23(18-48)61-40)63-38-35(57)31(53)22(49)19-58-38)39(60-21)62-29-11-12-43(6)24(42(29,4)5)9-13-44(7)25(43)10-14-47-26-15-41(2,3)27(50)17-46(26,20-59-47)28(51)16-45(44,47)8/h10,14,21-40,48-57H,9,11-13,15-20H2,1-8H3. The van der Waals surface area contributed by atoms with Crippen molar-refractivity contribution in [2.45, 2.75) is 210 Å². The first kappa shape index (κ1) is 48.1. The lowest BCUT2D eigenvalue weighted by molar-refractivity contribution is -0.393. The van der Waals surface area contributed by atoms with Crippen LogP contribution < -0.4 is 0 Å². The maximum absolute atomic E-state index is 12.2. The largest absolute Gasteiger partial charge is 0.394 e. The summed E-state index contributed by atoms with van der Waals surface area (Å²) >= 11 is 0. The van der Waals surface area contributed by atoms with Gasteiger partial charge >= 0.3 is 0 Å². The molecule has 5 aliphatic carbocycles. The Morgan fingerprint density at radius 2 is 1.31 bits per heavy atom. The lowest BCUT2D eigenvalue weighted by atomic mass is 9.32. The van der Waals surface area contributed by atoms with Crippen molar-refractivity contribution in [3.8, 4) is 0 Å². The topological polar surface area (TPSA) is 267 Å². The van der Waals surface area contributed by atoms with Crippen LogP contribution in [0.15, 0.2) is 12.2 Å². The Morgan fingerprint density at radius 3 is 2.00 bits per heavy atom. The Balaban J connectivity index is 0.976. The van der Waals surface area contributed by atoms with Crippen LogP contribution in [0.5, 0.6) is 0 Å². The van der Waals surface area contributed by atoms with Crippen LogP contribution in [0.4, 0.5) is 0 Å². The van der Waals surface area contributed by atoms with E-state index < -0.39 is 134 Å². The molecule has 10 N–H and O–H groups in total. The highest BCUT2D eigenvalue weighted by Gasteiger charge is 2.79. The zero-order valence-electron chi connectivity index (χ0n) is 38.6. The first-order valence-corrected chi connectivity index (χ1v) is 23.8. The van der Waals surface area contributed by atoms with E-state index in [-0.39, 0.29) is 39.4 Å². The van der Waals surface area contributed by atoms with Gasteiger partial charge in [0.1, 0.15) is 61.0 Å². The lowest BCUT2D eigenvalue weighted by Gasteiger charge is -2.73. The van der Waals surface area contributed by atoms with Crippen LogP contribution in [-0.4, -0.2) is 181 Å². The van der Waals surface area contributed by atoms with Gasteiger partial charge in [-0.2, -0.15) is 0 Å². The smallest absolute Gasteiger partial charge is 0.187 e. The lowest BCUT2D eigenvalue weighted by Crippen LogP contribution is -2.73. The molecular formula is C47H76O17. The number of aliphatic hydroxyl groups is 10. The van der Waals surface area contributed by atoms with Crippen molar-refractivity contribution in [3.63, 3.8) is 0 Å². The summed E-state index contributed by atoms with van der Waals surface area (Å²) in [6.45, 7) is 16.8. The zero-order chi connectivity index (χ0) is 46.5. The molecule has 0 amide bonds. The average molecular weight is 913 g/mol. The highest BCUT2D eigenvalue weighted by Crippen LogP contribution is 2.79. The molecule has 0 radical (unpaired) electrons. The van der Waals surface area contributed by atoms with Crippen LogP contribution in [0.3, 0.4) is 0 Å². The van der Waals surface area contributed by atoms with Crippen molar-refractivity contribution in [3.05, 3.63) is 12.2 Å². The molecule has 8 fully saturated rings. The fourth-order valence-electron chi connectivity index (χ4n) is 15.5. The van der Waals surface area contributed by atoms with Crippen LogP contribution in [-0.2, 0) is 33.2 Å². The molecule has 0 aromatic carbocycles. The highest BCUT2D eigenvalue weighted by molar-refractivity contribution is 5.36. The summed E-state index contributed by atoms with van der Waals surface area (Å²) in [4.78, 5) is 0. The Kier molecular flexibility index (Phi) is 12.1. The molecule has 1 spiro atoms. The van der Waals surface area contributed by atoms with Crippen LogP contribution in [0.1, 0.15) is 100 Å². The van der Waals surface area contributed by atoms with E-state index in [9.17, 15) is 51.1 Å². The van der Waals surface area contributed by atoms with E-state index >= 15 is 0 Å². The molecule has 64 heavy (non-hydrogen) atoms. The van der Waals surface area contributed by atoms with E-state index in [1.807, 2.05) is 0 Å². The Hall–Kier alpha value is -0.940. The highest BCUT2D eigenvalue weighted by atomic mass is 16.8. The van der Waals surface area contributed by atoms with Gasteiger partial charge in [-0.25, -0.2) is 0 Å². The first-order chi connectivity index (χ1) is 29.8. The quantitative estimate of drug-likeness (QED) is 0.121. The number of hydrogen-bond donors (Lipinski definition) is 10. The van der Waals surface area contributed by atoms with Crippen molar-refractivity contribution in [2.24, 2.45) is 50.2 Å². The summed E-state index contributed by atoms with van der Waals surface area (Å²) < 4.78 is 43.8. The molecule has 2 bridgehead atoms. The summed E-state index contributed by atoms with van der Waals surface area (Å²) in [5, 5.41) is 109. The molecule has 4 heterocycles. The molecule has 25 atom stereocenters. The molecule has 4 aliphatic heterocycles. The second-order valence-corrected chi connectivity index (χ2v) is 23.5. The van der Waals surface area contributed by atoms with Crippen molar-refractivity contribution in [1.82, 2.24) is 0 Å². The fourth-order valence-corrected chi connectivity index (χ4v) is 15.5. The van der Waals surface area contributed by atoms with Gasteiger partial charge in [0.05, 0.1) is 49.8 Å². The third kappa shape index (κ3) is 6.65. The van der Waals surface area contributed by atoms with Gasteiger partial charge in [0.25, 0.3) is 0 Å². The molecule has 25 unspecified atom stereocenters. The number of aliphatic hydroxyl groups excluding tert-OH is 10. The number of fused-ring (bicyclic) bond motifs is 4. The maximum atomic E-state index is 12.2. The Labute approximate surface area is 376 Å². The fraction of sp³-hybridized carbons (Fsp3) is 0.957. The third-order valence-corrected chi connectivity index (χ3v) is 19.7. The molecule has 4 saturated heterocycles. The summed E-state index contributed by atoms with van der Waals surface area (Å²) in [5.74, 6) is 0.387. The molecule has 9 aliphatic rings. The maximum Gasteiger partial charge on any atom is 0.187 e. The van der Waals surface area contributed by atoms with Crippen molar-refractivity contribution < 1.29 is 84.2 Å². The van der Waals surface area contributed by atoms with Gasteiger partial charge in [-0.3, -0.25) is 0 Å². The first-order valence-electron chi connectivity index (χ1n) is 23.8. The summed E-state index contributed by atoms with van der Waals surface area (Å²) in [6, 6.07) is 0. The van der Waals surface area contributed by atoms with E-state index in [2.05, 4.69) is 60.6 Å². The van der Waals surface area contributed by atoms with Crippen LogP contribution in [0, 0.1) is 50.2 Å². The van der Waals surface area contributed by atoms with E-state index in [0.29, 0.717) is 25.9 Å². The normalized spacial score (nSPS) is 58.7. The minimum Gasteiger partial charge on any atom is -0.394 e. The number of rotatable bonds is 7. The summed E-state index contributed by atoms with van der Waals surface area (Å²) in [6.07, 6.45) is -12.8. The van der Waals surface area contributed by atoms with Crippen LogP contribution in [0.25, 0.3) is 0 Å². The van der Waals surface area contributed by atoms with Crippen LogP contribution in [0.2, 0.25) is 0 Å². The predicted octanol–water partition coefficient (Wildman–Crippen LogP) is 0.239. The molecule has 366 valence electrons. The second-order valence-electron chi connectivity index (χ2n) is 23.5. The number of allylic oxidation sites excluding steroid dienone is 1. The van der Waals surface area contributed by atoms with Gasteiger partial charge < -0.3 is 84.2 Å². The van der Waals surface area contributed by atoms with Crippen LogP contribution >= 0.6 is 0 Å². The van der Waals surface area contributed by atoms with E-state index in [4.69, 9.17) is 33.2 Å². The van der Waals surface area contributed by atoms with Gasteiger partial charge in [0, 0.05) is 16.7 Å². The van der Waals surface area contributed by atoms with Gasteiger partial charge in [0.15, 0.2) is 18.9 Å². The molecule has 9 rings (SSSR count). The van der Waals surface area contributed by atoms with Gasteiger partial charge in [-0.15, -0.1) is 0 Å². The molecular weight excluding hydrogens is 837 g/mol. The zero-order valence-corrected chi connectivity index (χ0v) is 38.6. The number of ether oxygens (including phenoxy) is 7. The number of hydrogen-bond acceptors (Lipinski definition) is 17. The molecule has 0 aromatic rings. The molecule has 4 saturated carbocycles. The minimum absolute atomic E-state index is 0.0759. The molecule has 17 nitrogen and oxygen atoms in total. The monoisotopic (exact) mass is 913 g/mol. The SMILES string of the molecule is CC1OC(OC2CCC3(C)C(CCC4(C)C3C=CC35OCC6(CC(O)C(C)(C)CC63)C(O)CC45C)C2(C)C)C(OC2OC(CO)C(O)C(O)C2OC2OCC(O)C(O)C2O)C(O)C1O. The second kappa shape index (κ2) is 16.1. The molecule has 17 heteroatoms. The minimum atomic E-state index is -1.79. The van der Waals surface area contributed by atoms with Gasteiger partial charge in [0.2, 0.25) is 0 Å². The van der Waals surface area contributed by atoms with E-state index in [1.165, 1.54) is 0 Å². The van der Waals surface area contributed by atoms with Crippen molar-refractivity contribution in [1.29, 1.82) is 0 Å². The third-order valence-electron chi connectivity index (χ3n) is 19.7. The predicted molar refractivity (Wildman–Crippen MR) is 223 cm³/mol. The molecule has 0 aromatic heterocycles. The van der Waals surface area contributed by atoms with Gasteiger partial charge in [-0.05, 0) is 85.4 Å². The summed E-state index contributed by atoms with van der Waals surface area (Å²) in [7, 11) is 0. The van der Waals surface area contributed by atoms with E-state index in [0.717, 1.165) is 25.7 Å².